The van der Waals surface area contributed by atoms with Gasteiger partial charge in [0.15, 0.2) is 0 Å². The van der Waals surface area contributed by atoms with Crippen LogP contribution in [0.2, 0.25) is 0 Å². The highest BCUT2D eigenvalue weighted by Crippen LogP contribution is 2.30. The molecule has 1 aliphatic heterocycles. The van der Waals surface area contributed by atoms with E-state index in [9.17, 15) is 0 Å². The van der Waals surface area contributed by atoms with Crippen molar-refractivity contribution in [3.63, 3.8) is 0 Å². The Bertz CT molecular complexity index is 737. The SMILES string of the molecule is CCOc1ccnc(C2=Nc3cc(C(=N)N)ccc3C2)c1. The molecule has 0 saturated heterocycles. The number of nitrogen functional groups attached to an aromatic ring is 1. The van der Waals surface area contributed by atoms with Gasteiger partial charge in [-0.15, -0.1) is 0 Å². The molecule has 21 heavy (non-hydrogen) atoms. The molecule has 5 nitrogen and oxygen atoms in total. The molecule has 0 unspecified atom stereocenters. The Morgan fingerprint density at radius 3 is 2.95 bits per heavy atom. The lowest BCUT2D eigenvalue weighted by Crippen LogP contribution is -2.10. The first kappa shape index (κ1) is 13.3. The van der Waals surface area contributed by atoms with E-state index < -0.39 is 0 Å². The first-order valence-electron chi connectivity index (χ1n) is 6.81. The number of fused-ring (bicyclic) bond motifs is 1. The Balaban J connectivity index is 1.93. The molecule has 1 aliphatic rings. The monoisotopic (exact) mass is 280 g/mol. The first-order chi connectivity index (χ1) is 10.2. The van der Waals surface area contributed by atoms with Crippen LogP contribution in [0.1, 0.15) is 23.7 Å². The fourth-order valence-electron chi connectivity index (χ4n) is 2.32. The number of rotatable bonds is 4. The largest absolute Gasteiger partial charge is 0.494 e. The third-order valence-electron chi connectivity index (χ3n) is 3.35. The molecule has 0 spiro atoms. The summed E-state index contributed by atoms with van der Waals surface area (Å²) >= 11 is 0. The van der Waals surface area contributed by atoms with E-state index in [-0.39, 0.29) is 5.84 Å². The Morgan fingerprint density at radius 1 is 1.33 bits per heavy atom. The number of aromatic nitrogens is 1. The van der Waals surface area contributed by atoms with Crippen molar-refractivity contribution in [2.24, 2.45) is 10.7 Å². The summed E-state index contributed by atoms with van der Waals surface area (Å²) in [6, 6.07) is 9.40. The number of pyridine rings is 1. The van der Waals surface area contributed by atoms with E-state index in [0.717, 1.165) is 34.8 Å². The highest BCUT2D eigenvalue weighted by atomic mass is 16.5. The van der Waals surface area contributed by atoms with E-state index in [1.807, 2.05) is 37.3 Å². The van der Waals surface area contributed by atoms with Gasteiger partial charge >= 0.3 is 0 Å². The average molecular weight is 280 g/mol. The molecular formula is C16H16N4O. The third kappa shape index (κ3) is 2.63. The van der Waals surface area contributed by atoms with E-state index in [2.05, 4.69) is 9.98 Å². The molecule has 2 aromatic rings. The predicted molar refractivity (Wildman–Crippen MR) is 82.8 cm³/mol. The van der Waals surface area contributed by atoms with Crippen molar-refractivity contribution in [2.75, 3.05) is 6.61 Å². The summed E-state index contributed by atoms with van der Waals surface area (Å²) in [5, 5.41) is 7.49. The Labute approximate surface area is 123 Å². The Hall–Kier alpha value is -2.69. The highest BCUT2D eigenvalue weighted by Gasteiger charge is 2.18. The lowest BCUT2D eigenvalue weighted by molar-refractivity contribution is 0.340. The Morgan fingerprint density at radius 2 is 2.19 bits per heavy atom. The maximum atomic E-state index is 7.49. The van der Waals surface area contributed by atoms with Gasteiger partial charge in [-0.05, 0) is 24.6 Å². The number of ether oxygens (including phenoxy) is 1. The van der Waals surface area contributed by atoms with Crippen LogP contribution in [0.3, 0.4) is 0 Å². The molecule has 0 fully saturated rings. The van der Waals surface area contributed by atoms with Gasteiger partial charge < -0.3 is 10.5 Å². The topological polar surface area (TPSA) is 84.4 Å². The van der Waals surface area contributed by atoms with Crippen LogP contribution in [-0.4, -0.2) is 23.1 Å². The van der Waals surface area contributed by atoms with Crippen molar-refractivity contribution in [3.8, 4) is 5.75 Å². The number of nitrogens with two attached hydrogens (primary N) is 1. The lowest BCUT2D eigenvalue weighted by Gasteiger charge is -2.04. The molecule has 3 rings (SSSR count). The molecule has 2 heterocycles. The van der Waals surface area contributed by atoms with Crippen LogP contribution in [0, 0.1) is 5.41 Å². The van der Waals surface area contributed by atoms with Gasteiger partial charge in [-0.3, -0.25) is 15.4 Å². The van der Waals surface area contributed by atoms with Crippen molar-refractivity contribution in [1.29, 1.82) is 5.41 Å². The molecular weight excluding hydrogens is 264 g/mol. The van der Waals surface area contributed by atoms with Gasteiger partial charge in [0.25, 0.3) is 0 Å². The van der Waals surface area contributed by atoms with Gasteiger partial charge in [-0.2, -0.15) is 0 Å². The van der Waals surface area contributed by atoms with Crippen molar-refractivity contribution in [2.45, 2.75) is 13.3 Å². The summed E-state index contributed by atoms with van der Waals surface area (Å²) < 4.78 is 5.49. The number of hydrogen-bond donors (Lipinski definition) is 2. The van der Waals surface area contributed by atoms with Crippen LogP contribution in [0.5, 0.6) is 5.75 Å². The number of amidine groups is 1. The summed E-state index contributed by atoms with van der Waals surface area (Å²) in [5.41, 5.74) is 9.92. The standard InChI is InChI=1S/C16H16N4O/c1-2-21-12-5-6-19-14(9-12)15-7-10-3-4-11(16(17)18)8-13(10)20-15/h3-6,8-9H,2,7H2,1H3,(H3,17,18). The van der Waals surface area contributed by atoms with Crippen molar-refractivity contribution >= 4 is 17.2 Å². The van der Waals surface area contributed by atoms with Crippen LogP contribution >= 0.6 is 0 Å². The normalized spacial score (nSPS) is 12.7. The molecule has 1 aromatic heterocycles. The minimum atomic E-state index is 0.0536. The third-order valence-corrected chi connectivity index (χ3v) is 3.35. The van der Waals surface area contributed by atoms with Crippen LogP contribution in [0.4, 0.5) is 5.69 Å². The zero-order valence-electron chi connectivity index (χ0n) is 11.8. The predicted octanol–water partition coefficient (Wildman–Crippen LogP) is 2.44. The van der Waals surface area contributed by atoms with Gasteiger partial charge in [0, 0.05) is 24.2 Å². The van der Waals surface area contributed by atoms with E-state index in [0.29, 0.717) is 12.2 Å². The second-order valence-electron chi connectivity index (χ2n) is 4.80. The molecule has 106 valence electrons. The lowest BCUT2D eigenvalue weighted by atomic mass is 10.1. The van der Waals surface area contributed by atoms with Crippen molar-refractivity contribution < 1.29 is 4.74 Å². The van der Waals surface area contributed by atoms with Crippen LogP contribution in [-0.2, 0) is 6.42 Å². The Kier molecular flexibility index (Phi) is 3.39. The van der Waals surface area contributed by atoms with Gasteiger partial charge in [-0.1, -0.05) is 12.1 Å². The van der Waals surface area contributed by atoms with E-state index in [1.165, 1.54) is 0 Å². The summed E-state index contributed by atoms with van der Waals surface area (Å²) in [5.74, 6) is 0.850. The summed E-state index contributed by atoms with van der Waals surface area (Å²) in [6.07, 6.45) is 2.46. The number of nitrogens with one attached hydrogen (secondary N) is 1. The second kappa shape index (κ2) is 5.36. The average Bonchev–Trinajstić information content (AvgIpc) is 2.91. The van der Waals surface area contributed by atoms with Gasteiger partial charge in [0.05, 0.1) is 23.7 Å². The number of benzene rings is 1. The second-order valence-corrected chi connectivity index (χ2v) is 4.80. The minimum absolute atomic E-state index is 0.0536. The first-order valence-corrected chi connectivity index (χ1v) is 6.81. The van der Waals surface area contributed by atoms with Crippen LogP contribution in [0.15, 0.2) is 41.5 Å². The quantitative estimate of drug-likeness (QED) is 0.666. The summed E-state index contributed by atoms with van der Waals surface area (Å²) in [6.45, 7) is 2.57. The van der Waals surface area contributed by atoms with E-state index >= 15 is 0 Å². The van der Waals surface area contributed by atoms with Gasteiger partial charge in [-0.25, -0.2) is 0 Å². The molecule has 0 radical (unpaired) electrons. The maximum absolute atomic E-state index is 7.49. The number of hydrogen-bond acceptors (Lipinski definition) is 4. The summed E-state index contributed by atoms with van der Waals surface area (Å²) in [7, 11) is 0. The van der Waals surface area contributed by atoms with Crippen LogP contribution < -0.4 is 10.5 Å². The van der Waals surface area contributed by atoms with Crippen LogP contribution in [0.25, 0.3) is 0 Å². The zero-order valence-corrected chi connectivity index (χ0v) is 11.8. The molecule has 0 bridgehead atoms. The summed E-state index contributed by atoms with van der Waals surface area (Å²) in [4.78, 5) is 8.98. The fourth-order valence-corrected chi connectivity index (χ4v) is 2.32. The maximum Gasteiger partial charge on any atom is 0.123 e. The fraction of sp³-hybridized carbons (Fsp3) is 0.188. The van der Waals surface area contributed by atoms with Crippen molar-refractivity contribution in [1.82, 2.24) is 4.98 Å². The van der Waals surface area contributed by atoms with E-state index in [4.69, 9.17) is 15.9 Å². The molecule has 3 N–H and O–H groups in total. The molecule has 0 saturated carbocycles. The smallest absolute Gasteiger partial charge is 0.123 e. The van der Waals surface area contributed by atoms with Crippen molar-refractivity contribution in [3.05, 3.63) is 53.3 Å². The molecule has 0 aliphatic carbocycles. The number of nitrogens with zero attached hydrogens (tertiary/aromatic N) is 2. The van der Waals surface area contributed by atoms with Gasteiger partial charge in [0.1, 0.15) is 11.6 Å². The van der Waals surface area contributed by atoms with E-state index in [1.54, 1.807) is 6.20 Å². The molecule has 1 aromatic carbocycles. The number of aliphatic imine (C=N–C) groups is 1. The molecule has 0 amide bonds. The highest BCUT2D eigenvalue weighted by molar-refractivity contribution is 6.06. The zero-order chi connectivity index (χ0) is 14.8. The molecule has 0 atom stereocenters. The minimum Gasteiger partial charge on any atom is -0.494 e. The molecule has 5 heteroatoms. The van der Waals surface area contributed by atoms with Gasteiger partial charge in [0.2, 0.25) is 0 Å².